The van der Waals surface area contributed by atoms with Crippen LogP contribution in [0.2, 0.25) is 5.02 Å². The van der Waals surface area contributed by atoms with Crippen LogP contribution < -0.4 is 5.32 Å². The summed E-state index contributed by atoms with van der Waals surface area (Å²) in [5.74, 6) is 0.485. The number of nitro benzene ring substituents is 1. The van der Waals surface area contributed by atoms with Gasteiger partial charge in [0.15, 0.2) is 5.13 Å². The third kappa shape index (κ3) is 4.68. The predicted octanol–water partition coefficient (Wildman–Crippen LogP) is 4.98. The fraction of sp³-hybridized carbons (Fsp3) is 0.125. The van der Waals surface area contributed by atoms with E-state index in [9.17, 15) is 14.9 Å². The number of thioether (sulfide) groups is 1. The first kappa shape index (κ1) is 17.7. The number of hydrogen-bond donors (Lipinski definition) is 1. The maximum Gasteiger partial charge on any atom is 0.270 e. The molecule has 0 bridgehead atoms. The fourth-order valence-electron chi connectivity index (χ4n) is 2.05. The molecule has 0 spiro atoms. The summed E-state index contributed by atoms with van der Waals surface area (Å²) in [4.78, 5) is 27.7. The van der Waals surface area contributed by atoms with Gasteiger partial charge in [0.05, 0.1) is 15.1 Å². The van der Waals surface area contributed by atoms with Crippen LogP contribution in [0.4, 0.5) is 10.8 Å². The fourth-order valence-corrected chi connectivity index (χ4v) is 3.95. The second-order valence-electron chi connectivity index (χ2n) is 5.03. The third-order valence-electron chi connectivity index (χ3n) is 3.24. The lowest BCUT2D eigenvalue weighted by atomic mass is 10.3. The van der Waals surface area contributed by atoms with Gasteiger partial charge in [-0.05, 0) is 30.3 Å². The molecule has 3 rings (SSSR count). The first-order valence-corrected chi connectivity index (χ1v) is 9.42. The number of rotatable bonds is 6. The van der Waals surface area contributed by atoms with E-state index in [1.165, 1.54) is 23.5 Å². The molecular weight excluding hydrogens is 382 g/mol. The summed E-state index contributed by atoms with van der Waals surface area (Å²) < 4.78 is 0.667. The minimum Gasteiger partial charge on any atom is -0.302 e. The van der Waals surface area contributed by atoms with Gasteiger partial charge in [-0.15, -0.1) is 11.8 Å². The lowest BCUT2D eigenvalue weighted by Gasteiger charge is -2.02. The van der Waals surface area contributed by atoms with Gasteiger partial charge in [-0.2, -0.15) is 0 Å². The van der Waals surface area contributed by atoms with Crippen molar-refractivity contribution < 1.29 is 9.72 Å². The number of carbonyl (C=O) groups is 1. The molecule has 0 aliphatic heterocycles. The normalized spacial score (nSPS) is 10.8. The van der Waals surface area contributed by atoms with Crippen LogP contribution in [0.3, 0.4) is 0 Å². The zero-order valence-corrected chi connectivity index (χ0v) is 15.2. The average Bonchev–Trinajstić information content (AvgIpc) is 2.97. The maximum atomic E-state index is 12.0. The topological polar surface area (TPSA) is 85.1 Å². The van der Waals surface area contributed by atoms with E-state index in [1.807, 2.05) is 24.3 Å². The number of hydrogen-bond acceptors (Lipinski definition) is 6. The standard InChI is InChI=1S/C16H12ClN3O3S2/c17-10-1-4-12(5-2-10)24-8-7-15(21)19-16-18-13-6-3-11(20(22)23)9-14(13)25-16/h1-6,9H,7-8H2,(H,18,19,21). The highest BCUT2D eigenvalue weighted by atomic mass is 35.5. The van der Waals surface area contributed by atoms with Crippen LogP contribution in [0.25, 0.3) is 10.2 Å². The molecule has 0 radical (unpaired) electrons. The zero-order valence-electron chi connectivity index (χ0n) is 12.8. The third-order valence-corrected chi connectivity index (χ3v) is 5.44. The minimum absolute atomic E-state index is 0.00777. The van der Waals surface area contributed by atoms with Crippen LogP contribution >= 0.6 is 34.7 Å². The number of carbonyl (C=O) groups excluding carboxylic acids is 1. The number of halogens is 1. The molecule has 0 fully saturated rings. The van der Waals surface area contributed by atoms with Crippen molar-refractivity contribution in [3.63, 3.8) is 0 Å². The molecule has 1 heterocycles. The number of thiazole rings is 1. The van der Waals surface area contributed by atoms with Crippen molar-refractivity contribution >= 4 is 61.6 Å². The summed E-state index contributed by atoms with van der Waals surface area (Å²) in [6.45, 7) is 0. The van der Waals surface area contributed by atoms with Crippen molar-refractivity contribution in [3.8, 4) is 0 Å². The number of fused-ring (bicyclic) bond motifs is 1. The molecule has 2 aromatic carbocycles. The summed E-state index contributed by atoms with van der Waals surface area (Å²) >= 11 is 8.62. The van der Waals surface area contributed by atoms with Gasteiger partial charge in [0, 0.05) is 34.2 Å². The Bertz CT molecular complexity index is 928. The van der Waals surface area contributed by atoms with E-state index in [-0.39, 0.29) is 11.6 Å². The zero-order chi connectivity index (χ0) is 17.8. The van der Waals surface area contributed by atoms with Gasteiger partial charge < -0.3 is 5.32 Å². The van der Waals surface area contributed by atoms with E-state index in [4.69, 9.17) is 11.6 Å². The molecule has 6 nitrogen and oxygen atoms in total. The monoisotopic (exact) mass is 393 g/mol. The average molecular weight is 394 g/mol. The second kappa shape index (κ2) is 7.81. The Labute approximate surface area is 156 Å². The smallest absolute Gasteiger partial charge is 0.270 e. The molecule has 0 aliphatic rings. The molecular formula is C16H12ClN3O3S2. The van der Waals surface area contributed by atoms with Crippen LogP contribution in [-0.4, -0.2) is 21.6 Å². The first-order chi connectivity index (χ1) is 12.0. The lowest BCUT2D eigenvalue weighted by molar-refractivity contribution is -0.384. The van der Waals surface area contributed by atoms with Crippen LogP contribution in [0.5, 0.6) is 0 Å². The van der Waals surface area contributed by atoms with Gasteiger partial charge in [-0.1, -0.05) is 22.9 Å². The van der Waals surface area contributed by atoms with Gasteiger partial charge in [-0.3, -0.25) is 14.9 Å². The number of benzene rings is 2. The summed E-state index contributed by atoms with van der Waals surface area (Å²) in [7, 11) is 0. The van der Waals surface area contributed by atoms with Crippen LogP contribution in [0.1, 0.15) is 6.42 Å². The number of anilines is 1. The number of nitrogens with zero attached hydrogens (tertiary/aromatic N) is 2. The summed E-state index contributed by atoms with van der Waals surface area (Å²) in [5, 5.41) is 14.7. The molecule has 128 valence electrons. The van der Waals surface area contributed by atoms with Crippen molar-refractivity contribution in [3.05, 3.63) is 57.6 Å². The Kier molecular flexibility index (Phi) is 5.52. The van der Waals surface area contributed by atoms with Crippen molar-refractivity contribution in [2.24, 2.45) is 0 Å². The van der Waals surface area contributed by atoms with Crippen LogP contribution in [0.15, 0.2) is 47.4 Å². The Morgan fingerprint density at radius 1 is 1.28 bits per heavy atom. The van der Waals surface area contributed by atoms with Crippen molar-refractivity contribution in [2.75, 3.05) is 11.1 Å². The second-order valence-corrected chi connectivity index (χ2v) is 7.66. The van der Waals surface area contributed by atoms with E-state index in [0.29, 0.717) is 32.5 Å². The van der Waals surface area contributed by atoms with Gasteiger partial charge >= 0.3 is 0 Å². The Morgan fingerprint density at radius 3 is 2.76 bits per heavy atom. The van der Waals surface area contributed by atoms with Gasteiger partial charge in [0.25, 0.3) is 5.69 Å². The molecule has 0 saturated heterocycles. The van der Waals surface area contributed by atoms with Crippen molar-refractivity contribution in [1.82, 2.24) is 4.98 Å². The van der Waals surface area contributed by atoms with E-state index >= 15 is 0 Å². The molecule has 0 aliphatic carbocycles. The number of amides is 1. The highest BCUT2D eigenvalue weighted by molar-refractivity contribution is 7.99. The van der Waals surface area contributed by atoms with Gasteiger partial charge in [-0.25, -0.2) is 4.98 Å². The summed E-state index contributed by atoms with van der Waals surface area (Å²) in [6, 6.07) is 11.9. The van der Waals surface area contributed by atoms with Gasteiger partial charge in [0.2, 0.25) is 5.91 Å². The molecule has 3 aromatic rings. The highest BCUT2D eigenvalue weighted by Gasteiger charge is 2.12. The molecule has 1 aromatic heterocycles. The maximum absolute atomic E-state index is 12.0. The van der Waals surface area contributed by atoms with E-state index in [2.05, 4.69) is 10.3 Å². The first-order valence-electron chi connectivity index (χ1n) is 7.24. The molecule has 0 atom stereocenters. The molecule has 0 unspecified atom stereocenters. The summed E-state index contributed by atoms with van der Waals surface area (Å²) in [5.41, 5.74) is 0.634. The lowest BCUT2D eigenvalue weighted by Crippen LogP contribution is -2.11. The van der Waals surface area contributed by atoms with Gasteiger partial charge in [0.1, 0.15) is 0 Å². The number of non-ortho nitro benzene ring substituents is 1. The Hall–Kier alpha value is -2.16. The molecule has 9 heteroatoms. The minimum atomic E-state index is -0.453. The molecule has 0 saturated carbocycles. The number of nitrogens with one attached hydrogen (secondary N) is 1. The molecule has 1 N–H and O–H groups in total. The van der Waals surface area contributed by atoms with E-state index in [1.54, 1.807) is 17.8 Å². The van der Waals surface area contributed by atoms with E-state index < -0.39 is 4.92 Å². The summed E-state index contributed by atoms with van der Waals surface area (Å²) in [6.07, 6.45) is 0.337. The predicted molar refractivity (Wildman–Crippen MR) is 102 cm³/mol. The van der Waals surface area contributed by atoms with Crippen molar-refractivity contribution in [2.45, 2.75) is 11.3 Å². The largest absolute Gasteiger partial charge is 0.302 e. The van der Waals surface area contributed by atoms with Crippen molar-refractivity contribution in [1.29, 1.82) is 0 Å². The van der Waals surface area contributed by atoms with Crippen LogP contribution in [0, 0.1) is 10.1 Å². The SMILES string of the molecule is O=C(CCSc1ccc(Cl)cc1)Nc1nc2ccc([N+](=O)[O-])cc2s1. The molecule has 25 heavy (non-hydrogen) atoms. The quantitative estimate of drug-likeness (QED) is 0.362. The number of aromatic nitrogens is 1. The highest BCUT2D eigenvalue weighted by Crippen LogP contribution is 2.29. The molecule has 1 amide bonds. The Morgan fingerprint density at radius 2 is 2.04 bits per heavy atom. The number of nitro groups is 1. The Balaban J connectivity index is 1.56. The van der Waals surface area contributed by atoms with Crippen LogP contribution in [-0.2, 0) is 4.79 Å². The van der Waals surface area contributed by atoms with E-state index in [0.717, 1.165) is 4.90 Å².